The smallest absolute Gasteiger partial charge is 0.318 e. The molecule has 10 heteroatoms. The van der Waals surface area contributed by atoms with Gasteiger partial charge in [-0.15, -0.1) is 0 Å². The molecular weight excluding hydrogens is 471 g/mol. The normalized spacial score (nSPS) is 24.8. The van der Waals surface area contributed by atoms with Gasteiger partial charge in [-0.25, -0.2) is 9.37 Å². The number of nitrogens with zero attached hydrogens (tertiary/aromatic N) is 7. The van der Waals surface area contributed by atoms with E-state index in [9.17, 15) is 9.65 Å². The van der Waals surface area contributed by atoms with E-state index in [1.165, 1.54) is 32.0 Å². The van der Waals surface area contributed by atoms with E-state index in [0.717, 1.165) is 18.3 Å². The number of aromatic nitrogens is 5. The van der Waals surface area contributed by atoms with Crippen molar-refractivity contribution >= 4 is 11.2 Å². The molecule has 1 N–H and O–H groups in total. The second-order valence-electron chi connectivity index (χ2n) is 9.95. The number of aryl methyl sites for hydroxylation is 1. The molecule has 2 atom stereocenters. The Kier molecular flexibility index (Phi) is 6.08. The van der Waals surface area contributed by atoms with Crippen LogP contribution < -0.4 is 10.1 Å². The summed E-state index contributed by atoms with van der Waals surface area (Å²) in [4.78, 5) is 20.4. The molecule has 37 heavy (non-hydrogen) atoms. The molecule has 0 saturated carbocycles. The lowest BCUT2D eigenvalue weighted by Crippen LogP contribution is -2.54. The minimum absolute atomic E-state index is 0.132. The molecule has 4 aliphatic heterocycles. The van der Waals surface area contributed by atoms with Crippen LogP contribution in [0.3, 0.4) is 0 Å². The second-order valence-corrected chi connectivity index (χ2v) is 9.95. The van der Waals surface area contributed by atoms with Crippen molar-refractivity contribution in [2.75, 3.05) is 26.2 Å². The van der Waals surface area contributed by atoms with Gasteiger partial charge in [0, 0.05) is 29.9 Å². The molecule has 3 fully saturated rings. The quantitative estimate of drug-likeness (QED) is 0.549. The average Bonchev–Trinajstić information content (AvgIpc) is 3.28. The molecule has 7 heterocycles. The van der Waals surface area contributed by atoms with E-state index in [1.807, 2.05) is 24.5 Å². The highest BCUT2D eigenvalue weighted by molar-refractivity contribution is 5.79. The molecule has 9 nitrogen and oxygen atoms in total. The highest BCUT2D eigenvalue weighted by Crippen LogP contribution is 2.36. The van der Waals surface area contributed by atoms with E-state index in [-0.39, 0.29) is 12.1 Å². The number of allylic oxidation sites excluding steroid dienone is 3. The largest absolute Gasteiger partial charge is 0.464 e. The summed E-state index contributed by atoms with van der Waals surface area (Å²) in [6, 6.07) is 4.16. The lowest BCUT2D eigenvalue weighted by molar-refractivity contribution is 0.0405. The summed E-state index contributed by atoms with van der Waals surface area (Å²) in [5.74, 6) is 1.24. The molecular formula is C27H29FN8O. The Morgan fingerprint density at radius 2 is 2.05 bits per heavy atom. The van der Waals surface area contributed by atoms with Gasteiger partial charge in [-0.2, -0.15) is 15.2 Å². The third kappa shape index (κ3) is 4.33. The molecule has 0 aromatic carbocycles. The van der Waals surface area contributed by atoms with Crippen molar-refractivity contribution in [3.8, 4) is 23.5 Å². The maximum absolute atomic E-state index is 14.1. The van der Waals surface area contributed by atoms with Crippen LogP contribution in [0.25, 0.3) is 22.6 Å². The number of rotatable bonds is 6. The minimum Gasteiger partial charge on any atom is -0.464 e. The van der Waals surface area contributed by atoms with Gasteiger partial charge in [0.2, 0.25) is 0 Å². The van der Waals surface area contributed by atoms with Gasteiger partial charge in [-0.3, -0.25) is 4.98 Å². The summed E-state index contributed by atoms with van der Waals surface area (Å²) in [6.45, 7) is 7.90. The van der Waals surface area contributed by atoms with Crippen LogP contribution in [0.1, 0.15) is 25.5 Å². The van der Waals surface area contributed by atoms with Crippen molar-refractivity contribution in [3.05, 3.63) is 53.4 Å². The fourth-order valence-electron chi connectivity index (χ4n) is 5.89. The molecule has 0 aliphatic carbocycles. The number of hydrogen-bond donors (Lipinski definition) is 1. The Hall–Kier alpha value is -3.84. The Morgan fingerprint density at radius 1 is 1.22 bits per heavy atom. The predicted octanol–water partition coefficient (Wildman–Crippen LogP) is 3.38. The van der Waals surface area contributed by atoms with Crippen molar-refractivity contribution < 1.29 is 9.13 Å². The lowest BCUT2D eigenvalue weighted by Gasteiger charge is -2.47. The van der Waals surface area contributed by atoms with Crippen molar-refractivity contribution in [2.24, 2.45) is 11.8 Å². The molecule has 2 unspecified atom stereocenters. The monoisotopic (exact) mass is 500 g/mol. The van der Waals surface area contributed by atoms with Gasteiger partial charge < -0.3 is 19.5 Å². The van der Waals surface area contributed by atoms with E-state index in [0.29, 0.717) is 58.9 Å². The Morgan fingerprint density at radius 3 is 2.76 bits per heavy atom. The Bertz CT molecular complexity index is 1450. The molecule has 0 radical (unpaired) electrons. The molecule has 2 bridgehead atoms. The van der Waals surface area contributed by atoms with Crippen LogP contribution >= 0.6 is 0 Å². The lowest BCUT2D eigenvalue weighted by atomic mass is 9.74. The molecule has 4 aliphatic rings. The maximum Gasteiger partial charge on any atom is 0.318 e. The fourth-order valence-corrected chi connectivity index (χ4v) is 5.89. The number of fused-ring (bicyclic) bond motifs is 4. The number of halogens is 1. The Balaban J connectivity index is 1.39. The number of nitrogens with one attached hydrogen (secondary N) is 1. The van der Waals surface area contributed by atoms with Crippen LogP contribution in [-0.4, -0.2) is 61.7 Å². The number of ether oxygens (including phenoxy) is 1. The van der Waals surface area contributed by atoms with Gasteiger partial charge in [0.1, 0.15) is 28.9 Å². The van der Waals surface area contributed by atoms with Crippen molar-refractivity contribution in [1.82, 2.24) is 34.7 Å². The average molecular weight is 501 g/mol. The summed E-state index contributed by atoms with van der Waals surface area (Å²) >= 11 is 0. The fraction of sp³-hybridized carbons (Fsp3) is 0.444. The SMILES string of the molecule is CCOc1nc(C)c2nc(-c3cncc(F)c3)n(CC3=C(C#N)NC(C4CN5CCC4CC5)C=C3)c2n1. The van der Waals surface area contributed by atoms with Gasteiger partial charge in [0.25, 0.3) is 0 Å². The first kappa shape index (κ1) is 23.6. The van der Waals surface area contributed by atoms with Crippen molar-refractivity contribution in [1.29, 1.82) is 5.26 Å². The molecule has 3 aromatic heterocycles. The van der Waals surface area contributed by atoms with Gasteiger partial charge in [-0.05, 0) is 57.7 Å². The first-order valence-corrected chi connectivity index (χ1v) is 12.8. The number of hydrogen-bond acceptors (Lipinski definition) is 8. The highest BCUT2D eigenvalue weighted by atomic mass is 19.1. The van der Waals surface area contributed by atoms with Gasteiger partial charge in [0.05, 0.1) is 25.0 Å². The molecule has 0 spiro atoms. The summed E-state index contributed by atoms with van der Waals surface area (Å²) in [7, 11) is 0. The third-order valence-corrected chi connectivity index (χ3v) is 7.73. The van der Waals surface area contributed by atoms with Gasteiger partial charge >= 0.3 is 6.01 Å². The molecule has 3 aromatic rings. The van der Waals surface area contributed by atoms with Gasteiger partial charge in [0.15, 0.2) is 5.65 Å². The van der Waals surface area contributed by atoms with E-state index in [4.69, 9.17) is 9.72 Å². The third-order valence-electron chi connectivity index (χ3n) is 7.73. The van der Waals surface area contributed by atoms with Crippen molar-refractivity contribution in [2.45, 2.75) is 39.3 Å². The topological polar surface area (TPSA) is 105 Å². The molecule has 7 rings (SSSR count). The van der Waals surface area contributed by atoms with Crippen LogP contribution in [0.2, 0.25) is 0 Å². The molecule has 3 saturated heterocycles. The zero-order valence-corrected chi connectivity index (χ0v) is 21.0. The zero-order valence-electron chi connectivity index (χ0n) is 21.0. The maximum atomic E-state index is 14.1. The van der Waals surface area contributed by atoms with Crippen LogP contribution in [-0.2, 0) is 6.54 Å². The van der Waals surface area contributed by atoms with E-state index >= 15 is 0 Å². The van der Waals surface area contributed by atoms with E-state index in [1.54, 1.807) is 6.20 Å². The summed E-state index contributed by atoms with van der Waals surface area (Å²) in [5, 5.41) is 13.6. The van der Waals surface area contributed by atoms with Gasteiger partial charge in [-0.1, -0.05) is 12.2 Å². The van der Waals surface area contributed by atoms with E-state index in [2.05, 4.69) is 37.3 Å². The first-order chi connectivity index (χ1) is 18.0. The Labute approximate surface area is 214 Å². The molecule has 190 valence electrons. The number of pyridine rings is 1. The van der Waals surface area contributed by atoms with Crippen LogP contribution in [0, 0.1) is 35.9 Å². The predicted molar refractivity (Wildman–Crippen MR) is 136 cm³/mol. The summed E-state index contributed by atoms with van der Waals surface area (Å²) < 4.78 is 21.6. The number of imidazole rings is 1. The number of nitriles is 1. The van der Waals surface area contributed by atoms with E-state index < -0.39 is 5.82 Å². The summed E-state index contributed by atoms with van der Waals surface area (Å²) in [6.07, 6.45) is 9.43. The molecule has 0 amide bonds. The first-order valence-electron chi connectivity index (χ1n) is 12.8. The van der Waals surface area contributed by atoms with Crippen LogP contribution in [0.5, 0.6) is 6.01 Å². The number of piperidine rings is 3. The summed E-state index contributed by atoms with van der Waals surface area (Å²) in [5.41, 5.74) is 3.70. The van der Waals surface area contributed by atoms with Crippen molar-refractivity contribution in [3.63, 3.8) is 0 Å². The standard InChI is InChI=1S/C27H29FN8O/c1-3-37-27-31-16(2)24-26(34-27)36(25(33-24)19-10-20(28)13-30-12-19)14-18-4-5-22(32-23(18)11-29)21-15-35-8-6-17(21)7-9-35/h4-5,10,12-13,17,21-22,32H,3,6-9,14-15H2,1-2H3. The minimum atomic E-state index is -0.453. The van der Waals surface area contributed by atoms with Crippen LogP contribution in [0.15, 0.2) is 41.9 Å². The number of dihydropyridines is 1. The second kappa shape index (κ2) is 9.56. The van der Waals surface area contributed by atoms with Crippen LogP contribution in [0.4, 0.5) is 4.39 Å². The zero-order chi connectivity index (χ0) is 25.5. The highest BCUT2D eigenvalue weighted by Gasteiger charge is 2.38.